The summed E-state index contributed by atoms with van der Waals surface area (Å²) in [7, 11) is 1.42. The van der Waals surface area contributed by atoms with Gasteiger partial charge in [0.05, 0.1) is 23.0 Å². The highest BCUT2D eigenvalue weighted by Gasteiger charge is 2.35. The lowest BCUT2D eigenvalue weighted by atomic mass is 10.1. The van der Waals surface area contributed by atoms with Gasteiger partial charge in [0.1, 0.15) is 0 Å². The molecule has 0 spiro atoms. The summed E-state index contributed by atoms with van der Waals surface area (Å²) in [5, 5.41) is 11.1. The Labute approximate surface area is 183 Å². The molecule has 3 aromatic heterocycles. The number of fused-ring (bicyclic) bond motifs is 1. The minimum Gasteiger partial charge on any atom is -0.355 e. The second-order valence-electron chi connectivity index (χ2n) is 6.54. The second-order valence-corrected chi connectivity index (χ2v) is 7.45. The highest BCUT2D eigenvalue weighted by atomic mass is 32.1. The number of benzene rings is 1. The van der Waals surface area contributed by atoms with Crippen molar-refractivity contribution in [1.29, 1.82) is 0 Å². The van der Waals surface area contributed by atoms with Gasteiger partial charge in [-0.15, -0.1) is 11.3 Å². The Kier molecular flexibility index (Phi) is 5.53. The fraction of sp³-hybridized carbons (Fsp3) is 0.100. The largest absolute Gasteiger partial charge is 0.435 e. The van der Waals surface area contributed by atoms with E-state index < -0.39 is 23.7 Å². The van der Waals surface area contributed by atoms with Crippen LogP contribution < -0.4 is 16.1 Å². The number of carbonyl (C=O) groups excluding carboxylic acids is 2. The third kappa shape index (κ3) is 4.12. The fourth-order valence-corrected chi connectivity index (χ4v) is 3.91. The van der Waals surface area contributed by atoms with E-state index in [9.17, 15) is 22.8 Å². The van der Waals surface area contributed by atoms with E-state index in [0.29, 0.717) is 10.4 Å². The van der Waals surface area contributed by atoms with Gasteiger partial charge in [0.25, 0.3) is 11.8 Å². The van der Waals surface area contributed by atoms with Crippen molar-refractivity contribution in [3.05, 3.63) is 71.0 Å². The number of hydrogen-bond donors (Lipinski definition) is 3. The lowest BCUT2D eigenvalue weighted by Gasteiger charge is -2.16. The summed E-state index contributed by atoms with van der Waals surface area (Å²) >= 11 is 1.38. The Morgan fingerprint density at radius 3 is 2.66 bits per heavy atom. The minimum absolute atomic E-state index is 0.00926. The highest BCUT2D eigenvalue weighted by Crippen LogP contribution is 2.30. The summed E-state index contributed by atoms with van der Waals surface area (Å²) in [6.45, 7) is 0. The summed E-state index contributed by atoms with van der Waals surface area (Å²) in [6.07, 6.45) is -2.51. The molecular formula is C20H15F3N6O2S. The quantitative estimate of drug-likeness (QED) is 0.418. The van der Waals surface area contributed by atoms with Crippen molar-refractivity contribution in [2.75, 3.05) is 17.8 Å². The van der Waals surface area contributed by atoms with Crippen molar-refractivity contribution in [1.82, 2.24) is 20.2 Å². The van der Waals surface area contributed by atoms with Gasteiger partial charge in [0, 0.05) is 28.7 Å². The molecule has 8 nitrogen and oxygen atoms in total. The highest BCUT2D eigenvalue weighted by molar-refractivity contribution is 7.17. The van der Waals surface area contributed by atoms with Crippen LogP contribution in [0.5, 0.6) is 0 Å². The van der Waals surface area contributed by atoms with Gasteiger partial charge in [-0.1, -0.05) is 18.2 Å². The van der Waals surface area contributed by atoms with Crippen LogP contribution in [0.3, 0.4) is 0 Å². The number of nitrogens with one attached hydrogen (secondary N) is 3. The third-order valence-corrected chi connectivity index (χ3v) is 5.46. The van der Waals surface area contributed by atoms with Gasteiger partial charge >= 0.3 is 6.18 Å². The summed E-state index contributed by atoms with van der Waals surface area (Å²) in [5.41, 5.74) is 1.88. The molecule has 0 fully saturated rings. The van der Waals surface area contributed by atoms with E-state index in [1.165, 1.54) is 30.6 Å². The molecule has 0 aliphatic heterocycles. The van der Waals surface area contributed by atoms with Crippen LogP contribution in [0.1, 0.15) is 26.4 Å². The summed E-state index contributed by atoms with van der Waals surface area (Å²) in [5.74, 6) is -1.10. The zero-order valence-corrected chi connectivity index (χ0v) is 17.2. The Hall–Kier alpha value is -3.93. The minimum atomic E-state index is -4.66. The van der Waals surface area contributed by atoms with Gasteiger partial charge in [-0.05, 0) is 18.2 Å². The first-order valence-corrected chi connectivity index (χ1v) is 10.0. The maximum atomic E-state index is 13.2. The maximum Gasteiger partial charge on any atom is 0.435 e. The molecule has 1 aromatic carbocycles. The molecule has 0 atom stereocenters. The van der Waals surface area contributed by atoms with E-state index in [2.05, 4.69) is 26.1 Å². The number of pyridine rings is 1. The maximum absolute atomic E-state index is 13.2. The standard InChI is InChI=1S/C20H15F3N6O2S/c1-24-18(30)11-8-14(27-19(31)13-10-32-15-5-3-2-4-12(13)15)17(25-9-11)28-29-16(6-7-26-29)20(21,22)23/h2-10H,1H3,(H,24,30)(H,25,28)(H,27,31). The van der Waals surface area contributed by atoms with E-state index in [1.807, 2.05) is 12.1 Å². The predicted molar refractivity (Wildman–Crippen MR) is 114 cm³/mol. The topological polar surface area (TPSA) is 101 Å². The molecule has 0 unspecified atom stereocenters. The van der Waals surface area contributed by atoms with Crippen LogP contribution in [-0.2, 0) is 6.18 Å². The van der Waals surface area contributed by atoms with Crippen molar-refractivity contribution in [2.24, 2.45) is 0 Å². The van der Waals surface area contributed by atoms with E-state index >= 15 is 0 Å². The van der Waals surface area contributed by atoms with Crippen molar-refractivity contribution >= 4 is 44.7 Å². The predicted octanol–water partition coefficient (Wildman–Crippen LogP) is 4.00. The number of nitrogens with zero attached hydrogens (tertiary/aromatic N) is 3. The van der Waals surface area contributed by atoms with Gasteiger partial charge in [-0.25, -0.2) is 4.98 Å². The molecule has 0 saturated carbocycles. The smallest absolute Gasteiger partial charge is 0.355 e. The Bertz CT molecular complexity index is 1310. The molecule has 4 rings (SSSR count). The van der Waals surface area contributed by atoms with Crippen molar-refractivity contribution in [2.45, 2.75) is 6.18 Å². The zero-order chi connectivity index (χ0) is 22.9. The molecular weight excluding hydrogens is 445 g/mol. The third-order valence-electron chi connectivity index (χ3n) is 4.50. The fourth-order valence-electron chi connectivity index (χ4n) is 2.97. The monoisotopic (exact) mass is 460 g/mol. The number of thiophene rings is 1. The first kappa shape index (κ1) is 21.3. The number of rotatable bonds is 5. The molecule has 0 radical (unpaired) electrons. The van der Waals surface area contributed by atoms with Crippen LogP contribution in [0.25, 0.3) is 10.1 Å². The van der Waals surface area contributed by atoms with Crippen LogP contribution in [-0.4, -0.2) is 33.7 Å². The molecule has 0 aliphatic carbocycles. The first-order chi connectivity index (χ1) is 15.3. The van der Waals surface area contributed by atoms with Crippen molar-refractivity contribution in [3.63, 3.8) is 0 Å². The van der Waals surface area contributed by atoms with Gasteiger partial charge in [-0.3, -0.25) is 15.0 Å². The first-order valence-electron chi connectivity index (χ1n) is 9.16. The number of amides is 2. The summed E-state index contributed by atoms with van der Waals surface area (Å²) in [6, 6.07) is 9.41. The molecule has 32 heavy (non-hydrogen) atoms. The van der Waals surface area contributed by atoms with Gasteiger partial charge in [0.15, 0.2) is 11.5 Å². The number of anilines is 2. The number of carbonyl (C=O) groups is 2. The van der Waals surface area contributed by atoms with Crippen LogP contribution in [0.2, 0.25) is 0 Å². The number of halogens is 3. The van der Waals surface area contributed by atoms with Crippen molar-refractivity contribution < 1.29 is 22.8 Å². The molecule has 4 aromatic rings. The molecule has 3 heterocycles. The summed E-state index contributed by atoms with van der Waals surface area (Å²) < 4.78 is 40.5. The van der Waals surface area contributed by atoms with Crippen LogP contribution in [0, 0.1) is 0 Å². The molecule has 0 bridgehead atoms. The normalized spacial score (nSPS) is 11.4. The lowest BCUT2D eigenvalue weighted by molar-refractivity contribution is -0.143. The number of alkyl halides is 3. The van der Waals surface area contributed by atoms with Crippen LogP contribution in [0.15, 0.2) is 54.2 Å². The lowest BCUT2D eigenvalue weighted by Crippen LogP contribution is -2.23. The van der Waals surface area contributed by atoms with Crippen molar-refractivity contribution in [3.8, 4) is 0 Å². The van der Waals surface area contributed by atoms with Crippen LogP contribution >= 0.6 is 11.3 Å². The van der Waals surface area contributed by atoms with E-state index in [0.717, 1.165) is 22.3 Å². The molecule has 0 aliphatic rings. The average Bonchev–Trinajstić information content (AvgIpc) is 3.41. The SMILES string of the molecule is CNC(=O)c1cnc(Nn2nccc2C(F)(F)F)c(NC(=O)c2csc3ccccc23)c1. The van der Waals surface area contributed by atoms with Gasteiger partial charge in [0.2, 0.25) is 0 Å². The molecule has 164 valence electrons. The second kappa shape index (κ2) is 8.30. The van der Waals surface area contributed by atoms with E-state index in [1.54, 1.807) is 17.5 Å². The molecule has 3 N–H and O–H groups in total. The van der Waals surface area contributed by atoms with E-state index in [-0.39, 0.29) is 17.1 Å². The van der Waals surface area contributed by atoms with Gasteiger partial charge in [-0.2, -0.15) is 23.1 Å². The number of hydrogen-bond acceptors (Lipinski definition) is 6. The summed E-state index contributed by atoms with van der Waals surface area (Å²) in [4.78, 5) is 29.5. The van der Waals surface area contributed by atoms with E-state index in [4.69, 9.17) is 0 Å². The van der Waals surface area contributed by atoms with Gasteiger partial charge < -0.3 is 10.6 Å². The number of aromatic nitrogens is 3. The van der Waals surface area contributed by atoms with Crippen LogP contribution in [0.4, 0.5) is 24.7 Å². The Morgan fingerprint density at radius 2 is 1.91 bits per heavy atom. The molecule has 2 amide bonds. The molecule has 0 saturated heterocycles. The average molecular weight is 460 g/mol. The Morgan fingerprint density at radius 1 is 1.12 bits per heavy atom. The molecule has 12 heteroatoms. The Balaban J connectivity index is 1.71. The zero-order valence-electron chi connectivity index (χ0n) is 16.4.